The SMILES string of the molecule is Cc1ccc(CNC(=O)C(C)N(Cc2ccc(F)cc2)C(=O)COc2ccccc2)cc1. The highest BCUT2D eigenvalue weighted by Gasteiger charge is 2.26. The Morgan fingerprint density at radius 2 is 1.56 bits per heavy atom. The first kappa shape index (κ1) is 23.0. The van der Waals surface area contributed by atoms with Gasteiger partial charge in [0.05, 0.1) is 0 Å². The lowest BCUT2D eigenvalue weighted by atomic mass is 10.1. The number of ether oxygens (including phenoxy) is 1. The summed E-state index contributed by atoms with van der Waals surface area (Å²) < 4.78 is 18.9. The third-order valence-electron chi connectivity index (χ3n) is 5.13. The lowest BCUT2D eigenvalue weighted by molar-refractivity contribution is -0.142. The smallest absolute Gasteiger partial charge is 0.261 e. The van der Waals surface area contributed by atoms with E-state index in [0.717, 1.165) is 16.7 Å². The summed E-state index contributed by atoms with van der Waals surface area (Å²) in [5.74, 6) is -0.404. The van der Waals surface area contributed by atoms with Gasteiger partial charge < -0.3 is 15.0 Å². The fourth-order valence-electron chi connectivity index (χ4n) is 3.16. The molecule has 166 valence electrons. The number of nitrogens with one attached hydrogen (secondary N) is 1. The van der Waals surface area contributed by atoms with Crippen molar-refractivity contribution in [1.82, 2.24) is 10.2 Å². The van der Waals surface area contributed by atoms with Gasteiger partial charge in [0.1, 0.15) is 17.6 Å². The molecule has 1 unspecified atom stereocenters. The predicted molar refractivity (Wildman–Crippen MR) is 121 cm³/mol. The number of nitrogens with zero attached hydrogens (tertiary/aromatic N) is 1. The molecule has 1 N–H and O–H groups in total. The van der Waals surface area contributed by atoms with Crippen molar-refractivity contribution in [3.05, 3.63) is 101 Å². The standard InChI is InChI=1S/C26H27FN2O3/c1-19-8-10-21(11-9-19)16-28-26(31)20(2)29(17-22-12-14-23(27)15-13-22)25(30)18-32-24-6-4-3-5-7-24/h3-15,20H,16-18H2,1-2H3,(H,28,31). The van der Waals surface area contributed by atoms with E-state index in [-0.39, 0.29) is 30.8 Å². The van der Waals surface area contributed by atoms with E-state index >= 15 is 0 Å². The van der Waals surface area contributed by atoms with Crippen molar-refractivity contribution < 1.29 is 18.7 Å². The molecule has 0 saturated heterocycles. The van der Waals surface area contributed by atoms with Crippen LogP contribution in [0.5, 0.6) is 5.75 Å². The maximum absolute atomic E-state index is 13.3. The van der Waals surface area contributed by atoms with Gasteiger partial charge in [-0.25, -0.2) is 4.39 Å². The van der Waals surface area contributed by atoms with Crippen molar-refractivity contribution in [2.45, 2.75) is 33.0 Å². The van der Waals surface area contributed by atoms with Gasteiger partial charge in [0.2, 0.25) is 5.91 Å². The molecule has 0 saturated carbocycles. The second-order valence-corrected chi connectivity index (χ2v) is 7.63. The van der Waals surface area contributed by atoms with Crippen LogP contribution in [0.15, 0.2) is 78.9 Å². The minimum atomic E-state index is -0.739. The van der Waals surface area contributed by atoms with E-state index in [1.807, 2.05) is 49.4 Å². The Kier molecular flexibility index (Phi) is 7.97. The van der Waals surface area contributed by atoms with Crippen molar-refractivity contribution in [2.75, 3.05) is 6.61 Å². The summed E-state index contributed by atoms with van der Waals surface area (Å²) in [6.07, 6.45) is 0. The molecule has 0 spiro atoms. The fraction of sp³-hybridized carbons (Fsp3) is 0.231. The number of carbonyl (C=O) groups is 2. The zero-order chi connectivity index (χ0) is 22.9. The van der Waals surface area contributed by atoms with Crippen LogP contribution in [0, 0.1) is 12.7 Å². The first-order chi connectivity index (χ1) is 15.4. The Morgan fingerprint density at radius 3 is 2.22 bits per heavy atom. The van der Waals surface area contributed by atoms with E-state index in [0.29, 0.717) is 12.3 Å². The van der Waals surface area contributed by atoms with Gasteiger partial charge in [-0.15, -0.1) is 0 Å². The highest BCUT2D eigenvalue weighted by Crippen LogP contribution is 2.13. The van der Waals surface area contributed by atoms with E-state index < -0.39 is 6.04 Å². The van der Waals surface area contributed by atoms with E-state index in [2.05, 4.69) is 5.32 Å². The largest absolute Gasteiger partial charge is 0.484 e. The van der Waals surface area contributed by atoms with E-state index in [1.54, 1.807) is 31.2 Å². The molecule has 3 aromatic carbocycles. The zero-order valence-electron chi connectivity index (χ0n) is 18.3. The van der Waals surface area contributed by atoms with Crippen molar-refractivity contribution in [3.63, 3.8) is 0 Å². The number of aryl methyl sites for hydroxylation is 1. The average molecular weight is 435 g/mol. The van der Waals surface area contributed by atoms with Crippen LogP contribution in [0.25, 0.3) is 0 Å². The lowest BCUT2D eigenvalue weighted by Crippen LogP contribution is -2.48. The summed E-state index contributed by atoms with van der Waals surface area (Å²) in [6.45, 7) is 4.00. The van der Waals surface area contributed by atoms with Crippen LogP contribution < -0.4 is 10.1 Å². The normalized spacial score (nSPS) is 11.5. The van der Waals surface area contributed by atoms with Crippen molar-refractivity contribution in [1.29, 1.82) is 0 Å². The molecular weight excluding hydrogens is 407 g/mol. The Labute approximate surface area is 187 Å². The number of hydrogen-bond donors (Lipinski definition) is 1. The average Bonchev–Trinajstić information content (AvgIpc) is 2.82. The Bertz CT molecular complexity index is 1020. The number of carbonyl (C=O) groups excluding carboxylic acids is 2. The number of para-hydroxylation sites is 1. The molecule has 6 heteroatoms. The molecule has 5 nitrogen and oxygen atoms in total. The van der Waals surface area contributed by atoms with Crippen molar-refractivity contribution in [3.8, 4) is 5.75 Å². The van der Waals surface area contributed by atoms with E-state index in [9.17, 15) is 14.0 Å². The number of halogens is 1. The van der Waals surface area contributed by atoms with Crippen molar-refractivity contribution >= 4 is 11.8 Å². The van der Waals surface area contributed by atoms with Crippen LogP contribution in [0.3, 0.4) is 0 Å². The maximum atomic E-state index is 13.3. The van der Waals surface area contributed by atoms with Crippen molar-refractivity contribution in [2.24, 2.45) is 0 Å². The minimum absolute atomic E-state index is 0.163. The molecule has 0 radical (unpaired) electrons. The molecule has 0 fully saturated rings. The van der Waals surface area contributed by atoms with Crippen LogP contribution in [0.1, 0.15) is 23.6 Å². The number of rotatable bonds is 9. The summed E-state index contributed by atoms with van der Waals surface area (Å²) in [5, 5.41) is 2.89. The van der Waals surface area contributed by atoms with E-state index in [1.165, 1.54) is 17.0 Å². The number of hydrogen-bond acceptors (Lipinski definition) is 3. The summed E-state index contributed by atoms with van der Waals surface area (Å²) in [5.41, 5.74) is 2.83. The molecule has 0 bridgehead atoms. The first-order valence-corrected chi connectivity index (χ1v) is 10.5. The van der Waals surface area contributed by atoms with Gasteiger partial charge >= 0.3 is 0 Å². The van der Waals surface area contributed by atoms with Gasteiger partial charge in [-0.3, -0.25) is 9.59 Å². The monoisotopic (exact) mass is 434 g/mol. The topological polar surface area (TPSA) is 58.6 Å². The molecule has 0 aromatic heterocycles. The summed E-state index contributed by atoms with van der Waals surface area (Å²) in [7, 11) is 0. The summed E-state index contributed by atoms with van der Waals surface area (Å²) >= 11 is 0. The molecule has 1 atom stereocenters. The molecule has 3 rings (SSSR count). The molecule has 32 heavy (non-hydrogen) atoms. The van der Waals surface area contributed by atoms with Crippen LogP contribution >= 0.6 is 0 Å². The van der Waals surface area contributed by atoms with Crippen LogP contribution in [-0.2, 0) is 22.7 Å². The molecular formula is C26H27FN2O3. The first-order valence-electron chi connectivity index (χ1n) is 10.5. The quantitative estimate of drug-likeness (QED) is 0.548. The highest BCUT2D eigenvalue weighted by atomic mass is 19.1. The molecule has 0 aliphatic carbocycles. The minimum Gasteiger partial charge on any atom is -0.484 e. The Morgan fingerprint density at radius 1 is 0.938 bits per heavy atom. The number of benzene rings is 3. The van der Waals surface area contributed by atoms with Gasteiger partial charge in [0.25, 0.3) is 5.91 Å². The van der Waals surface area contributed by atoms with Gasteiger partial charge in [-0.2, -0.15) is 0 Å². The molecule has 0 heterocycles. The highest BCUT2D eigenvalue weighted by molar-refractivity contribution is 5.87. The molecule has 3 aromatic rings. The maximum Gasteiger partial charge on any atom is 0.261 e. The zero-order valence-corrected chi connectivity index (χ0v) is 18.3. The molecule has 0 aliphatic heterocycles. The van der Waals surface area contributed by atoms with E-state index in [4.69, 9.17) is 4.74 Å². The second kappa shape index (κ2) is 11.1. The lowest BCUT2D eigenvalue weighted by Gasteiger charge is -2.28. The summed E-state index contributed by atoms with van der Waals surface area (Å²) in [4.78, 5) is 27.3. The van der Waals surface area contributed by atoms with Crippen LogP contribution in [0.2, 0.25) is 0 Å². The van der Waals surface area contributed by atoms with Crippen LogP contribution in [-0.4, -0.2) is 29.4 Å². The second-order valence-electron chi connectivity index (χ2n) is 7.63. The van der Waals surface area contributed by atoms with Gasteiger partial charge in [0, 0.05) is 13.1 Å². The Hall–Kier alpha value is -3.67. The van der Waals surface area contributed by atoms with Gasteiger partial charge in [0.15, 0.2) is 6.61 Å². The summed E-state index contributed by atoms with van der Waals surface area (Å²) in [6, 6.07) is 22.0. The predicted octanol–water partition coefficient (Wildman–Crippen LogP) is 4.25. The van der Waals surface area contributed by atoms with Gasteiger partial charge in [-0.05, 0) is 49.2 Å². The molecule has 0 aliphatic rings. The third kappa shape index (κ3) is 6.67. The van der Waals surface area contributed by atoms with Gasteiger partial charge in [-0.1, -0.05) is 60.2 Å². The fourth-order valence-corrected chi connectivity index (χ4v) is 3.16. The van der Waals surface area contributed by atoms with Crippen LogP contribution in [0.4, 0.5) is 4.39 Å². The number of amides is 2. The molecule has 2 amide bonds. The Balaban J connectivity index is 1.68. The third-order valence-corrected chi connectivity index (χ3v) is 5.13.